The Morgan fingerprint density at radius 3 is 3.00 bits per heavy atom. The zero-order valence-corrected chi connectivity index (χ0v) is 11.2. The lowest BCUT2D eigenvalue weighted by Crippen LogP contribution is -2.18. The molecule has 1 aromatic heterocycles. The van der Waals surface area contributed by atoms with E-state index in [1.54, 1.807) is 6.92 Å². The molecule has 88 valence electrons. The number of methoxy groups -OCH3 is 1. The van der Waals surface area contributed by atoms with E-state index in [2.05, 4.69) is 30.6 Å². The van der Waals surface area contributed by atoms with E-state index in [4.69, 9.17) is 0 Å². The number of hydrogen-bond acceptors (Lipinski definition) is 5. The molecule has 0 radical (unpaired) electrons. The second-order valence-corrected chi connectivity index (χ2v) is 5.11. The number of carbonyl (C=O) groups is 1. The summed E-state index contributed by atoms with van der Waals surface area (Å²) in [5.74, 6) is 0.0986. The Balaban J connectivity index is 2.61. The van der Waals surface area contributed by atoms with E-state index < -0.39 is 4.83 Å². The highest BCUT2D eigenvalue weighted by Crippen LogP contribution is 2.17. The maximum absolute atomic E-state index is 11.1. The summed E-state index contributed by atoms with van der Waals surface area (Å²) in [4.78, 5) is 28.5. The van der Waals surface area contributed by atoms with Crippen molar-refractivity contribution in [3.8, 4) is 0 Å². The molecule has 0 aromatic carbocycles. The topological polar surface area (TPSA) is 72.0 Å². The van der Waals surface area contributed by atoms with Crippen LogP contribution in [0.5, 0.6) is 0 Å². The number of thioether (sulfide) groups is 1. The molecule has 0 aliphatic rings. The first-order valence-electron chi connectivity index (χ1n) is 4.45. The average molecular weight is 307 g/mol. The van der Waals surface area contributed by atoms with Gasteiger partial charge in [0.15, 0.2) is 5.16 Å². The fourth-order valence-electron chi connectivity index (χ4n) is 0.968. The summed E-state index contributed by atoms with van der Waals surface area (Å²) >= 11 is 4.47. The summed E-state index contributed by atoms with van der Waals surface area (Å²) in [5, 5.41) is 0.498. The maximum Gasteiger partial charge on any atom is 0.320 e. The van der Waals surface area contributed by atoms with Crippen molar-refractivity contribution >= 4 is 33.7 Å². The van der Waals surface area contributed by atoms with E-state index in [0.717, 1.165) is 0 Å². The van der Waals surface area contributed by atoms with E-state index in [1.165, 1.54) is 24.9 Å². The SMILES string of the molecule is COC(=O)C(Br)CSc1nc(C)cc(=O)[nH]1. The molecule has 7 heteroatoms. The van der Waals surface area contributed by atoms with Crippen molar-refractivity contribution in [2.75, 3.05) is 12.9 Å². The summed E-state index contributed by atoms with van der Waals surface area (Å²) in [7, 11) is 1.33. The first-order chi connectivity index (χ1) is 7.52. The molecular formula is C9H11BrN2O3S. The van der Waals surface area contributed by atoms with Crippen LogP contribution < -0.4 is 5.56 Å². The number of ether oxygens (including phenoxy) is 1. The van der Waals surface area contributed by atoms with E-state index in [1.807, 2.05) is 0 Å². The fourth-order valence-corrected chi connectivity index (χ4v) is 2.37. The Kier molecular flexibility index (Phi) is 5.01. The van der Waals surface area contributed by atoms with Gasteiger partial charge in [-0.1, -0.05) is 27.7 Å². The number of aromatic nitrogens is 2. The van der Waals surface area contributed by atoms with Crippen molar-refractivity contribution < 1.29 is 9.53 Å². The molecule has 1 atom stereocenters. The van der Waals surface area contributed by atoms with Gasteiger partial charge in [0.05, 0.1) is 7.11 Å². The lowest BCUT2D eigenvalue weighted by atomic mass is 10.5. The molecule has 0 bridgehead atoms. The predicted molar refractivity (Wildman–Crippen MR) is 65.0 cm³/mol. The second-order valence-electron chi connectivity index (χ2n) is 2.99. The van der Waals surface area contributed by atoms with E-state index in [0.29, 0.717) is 16.6 Å². The van der Waals surface area contributed by atoms with Crippen LogP contribution in [0.2, 0.25) is 0 Å². The van der Waals surface area contributed by atoms with Crippen LogP contribution in [0.25, 0.3) is 0 Å². The fraction of sp³-hybridized carbons (Fsp3) is 0.444. The number of aromatic amines is 1. The van der Waals surface area contributed by atoms with Gasteiger partial charge >= 0.3 is 5.97 Å². The Hall–Kier alpha value is -0.820. The number of aryl methyl sites for hydroxylation is 1. The summed E-state index contributed by atoms with van der Waals surface area (Å²) in [6, 6.07) is 1.41. The smallest absolute Gasteiger partial charge is 0.320 e. The minimum absolute atomic E-state index is 0.195. The molecule has 0 saturated heterocycles. The number of nitrogens with one attached hydrogen (secondary N) is 1. The van der Waals surface area contributed by atoms with Gasteiger partial charge in [-0.15, -0.1) is 0 Å². The van der Waals surface area contributed by atoms with Crippen molar-refractivity contribution in [3.63, 3.8) is 0 Å². The van der Waals surface area contributed by atoms with Crippen LogP contribution in [-0.4, -0.2) is 33.6 Å². The highest BCUT2D eigenvalue weighted by atomic mass is 79.9. The highest BCUT2D eigenvalue weighted by Gasteiger charge is 2.15. The van der Waals surface area contributed by atoms with Crippen LogP contribution in [0.1, 0.15) is 5.69 Å². The van der Waals surface area contributed by atoms with Gasteiger partial charge in [0.2, 0.25) is 0 Å². The Morgan fingerprint density at radius 2 is 2.44 bits per heavy atom. The molecule has 1 rings (SSSR count). The molecular weight excluding hydrogens is 296 g/mol. The first kappa shape index (κ1) is 13.2. The van der Waals surface area contributed by atoms with Crippen molar-refractivity contribution in [3.05, 3.63) is 22.1 Å². The number of rotatable bonds is 4. The number of hydrogen-bond donors (Lipinski definition) is 1. The standard InChI is InChI=1S/C9H11BrN2O3S/c1-5-3-7(13)12-9(11-5)16-4-6(10)8(14)15-2/h3,6H,4H2,1-2H3,(H,11,12,13). The lowest BCUT2D eigenvalue weighted by molar-refractivity contribution is -0.139. The Labute approximate surface area is 105 Å². The number of nitrogens with zero attached hydrogens (tertiary/aromatic N) is 1. The third kappa shape index (κ3) is 3.97. The van der Waals surface area contributed by atoms with E-state index >= 15 is 0 Å². The average Bonchev–Trinajstić information content (AvgIpc) is 2.23. The largest absolute Gasteiger partial charge is 0.468 e. The van der Waals surface area contributed by atoms with Crippen LogP contribution >= 0.6 is 27.7 Å². The summed E-state index contributed by atoms with van der Waals surface area (Å²) in [6.07, 6.45) is 0. The Bertz CT molecular complexity index is 435. The quantitative estimate of drug-likeness (QED) is 0.390. The van der Waals surface area contributed by atoms with Gasteiger partial charge in [-0.25, -0.2) is 4.98 Å². The molecule has 0 fully saturated rings. The molecule has 1 N–H and O–H groups in total. The maximum atomic E-state index is 11.1. The number of esters is 1. The summed E-state index contributed by atoms with van der Waals surface area (Å²) in [6.45, 7) is 1.74. The van der Waals surface area contributed by atoms with Gasteiger partial charge < -0.3 is 9.72 Å². The number of halogens is 1. The molecule has 16 heavy (non-hydrogen) atoms. The van der Waals surface area contributed by atoms with Crippen molar-refractivity contribution in [1.29, 1.82) is 0 Å². The second kappa shape index (κ2) is 6.05. The minimum Gasteiger partial charge on any atom is -0.468 e. The van der Waals surface area contributed by atoms with Gasteiger partial charge in [0.25, 0.3) is 5.56 Å². The third-order valence-corrected chi connectivity index (χ3v) is 3.76. The van der Waals surface area contributed by atoms with Gasteiger partial charge in [0, 0.05) is 17.5 Å². The molecule has 0 spiro atoms. The van der Waals surface area contributed by atoms with E-state index in [-0.39, 0.29) is 11.5 Å². The first-order valence-corrected chi connectivity index (χ1v) is 6.35. The molecule has 1 unspecified atom stereocenters. The number of alkyl halides is 1. The normalized spacial score (nSPS) is 12.2. The molecule has 0 aliphatic carbocycles. The lowest BCUT2D eigenvalue weighted by Gasteiger charge is -2.06. The predicted octanol–water partition coefficient (Wildman–Crippen LogP) is 1.11. The molecule has 1 aromatic rings. The highest BCUT2D eigenvalue weighted by molar-refractivity contribution is 9.10. The van der Waals surface area contributed by atoms with E-state index in [9.17, 15) is 9.59 Å². The van der Waals surface area contributed by atoms with Crippen LogP contribution in [0.15, 0.2) is 16.0 Å². The third-order valence-electron chi connectivity index (χ3n) is 1.67. The van der Waals surface area contributed by atoms with Crippen LogP contribution in [0, 0.1) is 6.92 Å². The summed E-state index contributed by atoms with van der Waals surface area (Å²) < 4.78 is 4.56. The van der Waals surface area contributed by atoms with Crippen LogP contribution in [0.4, 0.5) is 0 Å². The molecule has 0 aliphatic heterocycles. The van der Waals surface area contributed by atoms with Gasteiger partial charge in [-0.3, -0.25) is 9.59 Å². The molecule has 5 nitrogen and oxygen atoms in total. The van der Waals surface area contributed by atoms with Gasteiger partial charge in [0.1, 0.15) is 4.83 Å². The molecule has 0 saturated carbocycles. The van der Waals surface area contributed by atoms with Crippen molar-refractivity contribution in [2.24, 2.45) is 0 Å². The number of carbonyl (C=O) groups excluding carboxylic acids is 1. The van der Waals surface area contributed by atoms with Gasteiger partial charge in [-0.05, 0) is 6.92 Å². The zero-order valence-electron chi connectivity index (χ0n) is 8.82. The molecule has 0 amide bonds. The number of H-pyrrole nitrogens is 1. The van der Waals surface area contributed by atoms with Crippen LogP contribution in [-0.2, 0) is 9.53 Å². The Morgan fingerprint density at radius 1 is 1.75 bits per heavy atom. The van der Waals surface area contributed by atoms with Gasteiger partial charge in [-0.2, -0.15) is 0 Å². The zero-order chi connectivity index (χ0) is 12.1. The summed E-state index contributed by atoms with van der Waals surface area (Å²) in [5.41, 5.74) is 0.453. The van der Waals surface area contributed by atoms with Crippen LogP contribution in [0.3, 0.4) is 0 Å². The minimum atomic E-state index is -0.409. The van der Waals surface area contributed by atoms with Crippen molar-refractivity contribution in [2.45, 2.75) is 16.9 Å². The monoisotopic (exact) mass is 306 g/mol. The van der Waals surface area contributed by atoms with Crippen molar-refractivity contribution in [1.82, 2.24) is 9.97 Å². The molecule has 1 heterocycles.